The fourth-order valence-electron chi connectivity index (χ4n) is 7.87. The molecule has 0 amide bonds. The van der Waals surface area contributed by atoms with Crippen molar-refractivity contribution in [2.24, 2.45) is 0 Å². The van der Waals surface area contributed by atoms with Crippen molar-refractivity contribution in [2.75, 3.05) is 0 Å². The number of nitrogens with zero attached hydrogens (tertiary/aromatic N) is 3. The second-order valence-electron chi connectivity index (χ2n) is 14.0. The van der Waals surface area contributed by atoms with Crippen LogP contribution >= 0.6 is 0 Å². The third kappa shape index (κ3) is 4.93. The van der Waals surface area contributed by atoms with Gasteiger partial charge in [0.15, 0.2) is 17.5 Å². The Morgan fingerprint density at radius 3 is 1.58 bits per heavy atom. The molecule has 5 heteroatoms. The Morgan fingerprint density at radius 2 is 0.904 bits per heavy atom. The smallest absolute Gasteiger partial charge is 0.164 e. The number of hydrogen-bond acceptors (Lipinski definition) is 4. The molecule has 0 aliphatic carbocycles. The molecule has 0 unspecified atom stereocenters. The molecule has 2 aromatic heterocycles. The fourth-order valence-corrected chi connectivity index (χ4v) is 11.0. The van der Waals surface area contributed by atoms with E-state index in [1.54, 1.807) is 0 Å². The average molecular weight is 684 g/mol. The Morgan fingerprint density at radius 1 is 0.385 bits per heavy atom. The third-order valence-electron chi connectivity index (χ3n) is 10.5. The van der Waals surface area contributed by atoms with Crippen molar-refractivity contribution in [3.8, 4) is 67.5 Å². The molecule has 52 heavy (non-hydrogen) atoms. The molecule has 3 heterocycles. The van der Waals surface area contributed by atoms with E-state index in [0.717, 1.165) is 49.8 Å². The van der Waals surface area contributed by atoms with Crippen LogP contribution < -0.4 is 10.4 Å². The van der Waals surface area contributed by atoms with Gasteiger partial charge in [-0.1, -0.05) is 147 Å². The fraction of sp³-hybridized carbons (Fsp3) is 0.0426. The summed E-state index contributed by atoms with van der Waals surface area (Å²) in [7, 11) is -2.02. The van der Waals surface area contributed by atoms with Crippen molar-refractivity contribution in [1.29, 1.82) is 0 Å². The summed E-state index contributed by atoms with van der Waals surface area (Å²) in [5.41, 5.74) is 11.8. The maximum absolute atomic E-state index is 6.51. The lowest BCUT2D eigenvalue weighted by Crippen LogP contribution is -2.49. The van der Waals surface area contributed by atoms with Crippen molar-refractivity contribution in [3.63, 3.8) is 0 Å². The Labute approximate surface area is 303 Å². The Bertz CT molecular complexity index is 2810. The minimum Gasteiger partial charge on any atom is -0.456 e. The molecule has 7 aromatic carbocycles. The molecule has 4 nitrogen and oxygen atoms in total. The highest BCUT2D eigenvalue weighted by Gasteiger charge is 2.39. The third-order valence-corrected chi connectivity index (χ3v) is 14.1. The molecule has 0 fully saturated rings. The normalized spacial score (nSPS) is 13.0. The molecule has 1 aliphatic rings. The van der Waals surface area contributed by atoms with Gasteiger partial charge in [-0.05, 0) is 74.1 Å². The van der Waals surface area contributed by atoms with Crippen LogP contribution in [0.1, 0.15) is 0 Å². The van der Waals surface area contributed by atoms with Gasteiger partial charge < -0.3 is 4.42 Å². The zero-order chi connectivity index (χ0) is 34.8. The maximum Gasteiger partial charge on any atom is 0.164 e. The van der Waals surface area contributed by atoms with E-state index in [1.807, 2.05) is 24.3 Å². The molecule has 0 saturated carbocycles. The van der Waals surface area contributed by atoms with Crippen LogP contribution in [0.3, 0.4) is 0 Å². The summed E-state index contributed by atoms with van der Waals surface area (Å²) in [6.45, 7) is 4.91. The molecule has 0 atom stereocenters. The van der Waals surface area contributed by atoms with Crippen molar-refractivity contribution < 1.29 is 4.42 Å². The first-order chi connectivity index (χ1) is 25.5. The first-order valence-corrected chi connectivity index (χ1v) is 20.7. The number of rotatable bonds is 5. The van der Waals surface area contributed by atoms with Gasteiger partial charge in [-0.15, -0.1) is 0 Å². The Hall–Kier alpha value is -6.43. The summed E-state index contributed by atoms with van der Waals surface area (Å²) in [4.78, 5) is 15.5. The lowest BCUT2D eigenvalue weighted by molar-refractivity contribution is 0.669. The highest BCUT2D eigenvalue weighted by Crippen LogP contribution is 2.40. The van der Waals surface area contributed by atoms with Gasteiger partial charge in [-0.25, -0.2) is 15.0 Å². The molecule has 0 bridgehead atoms. The zero-order valence-electron chi connectivity index (χ0n) is 28.8. The monoisotopic (exact) mass is 683 g/mol. The standard InChI is InChI=1S/C47H33N3OSi/c1-52(2)42-21-13-12-20-38(42)44-39(31-16-8-4-9-17-31)26-35(29-43(44)52)47-49-45(32-18-10-5-11-19-32)48-46(50-47)34-23-25-37-36-24-22-33(30-14-6-3-7-15-30)27-40(36)51-41(37)28-34/h3-29H,1-2H3. The largest absolute Gasteiger partial charge is 0.456 e. The van der Waals surface area contributed by atoms with Crippen molar-refractivity contribution in [3.05, 3.63) is 164 Å². The molecule has 9 aromatic rings. The molecule has 1 aliphatic heterocycles. The van der Waals surface area contributed by atoms with Crippen LogP contribution in [-0.4, -0.2) is 23.0 Å². The number of furan rings is 1. The van der Waals surface area contributed by atoms with E-state index in [0.29, 0.717) is 17.5 Å². The highest BCUT2D eigenvalue weighted by atomic mass is 28.3. The predicted octanol–water partition coefficient (Wildman–Crippen LogP) is 10.9. The molecular weight excluding hydrogens is 651 g/mol. The SMILES string of the molecule is C[Si]1(C)c2ccccc2-c2c(-c3ccccc3)cc(-c3nc(-c4ccccc4)nc(-c4ccc5c(c4)oc4cc(-c6ccccc6)ccc45)n3)cc21. The van der Waals surface area contributed by atoms with E-state index >= 15 is 0 Å². The first-order valence-electron chi connectivity index (χ1n) is 17.7. The minimum absolute atomic E-state index is 0.609. The summed E-state index contributed by atoms with van der Waals surface area (Å²) < 4.78 is 6.51. The van der Waals surface area contributed by atoms with Crippen LogP contribution in [0.15, 0.2) is 168 Å². The van der Waals surface area contributed by atoms with E-state index in [1.165, 1.54) is 32.6 Å². The molecule has 246 valence electrons. The Kier molecular flexibility index (Phi) is 6.91. The molecule has 0 N–H and O–H groups in total. The van der Waals surface area contributed by atoms with Crippen LogP contribution in [0.25, 0.3) is 89.5 Å². The molecule has 0 spiro atoms. The lowest BCUT2D eigenvalue weighted by Gasteiger charge is -2.20. The number of hydrogen-bond donors (Lipinski definition) is 0. The van der Waals surface area contributed by atoms with Gasteiger partial charge in [0.1, 0.15) is 19.2 Å². The maximum atomic E-state index is 6.51. The van der Waals surface area contributed by atoms with E-state index in [4.69, 9.17) is 19.4 Å². The minimum atomic E-state index is -2.02. The lowest BCUT2D eigenvalue weighted by atomic mass is 9.92. The summed E-state index contributed by atoms with van der Waals surface area (Å²) in [5.74, 6) is 1.90. The van der Waals surface area contributed by atoms with Crippen LogP contribution in [0.5, 0.6) is 0 Å². The molecular formula is C47H33N3OSi. The second-order valence-corrected chi connectivity index (χ2v) is 18.4. The van der Waals surface area contributed by atoms with E-state index in [-0.39, 0.29) is 0 Å². The van der Waals surface area contributed by atoms with Crippen LogP contribution in [0, 0.1) is 0 Å². The van der Waals surface area contributed by atoms with Gasteiger partial charge in [0.05, 0.1) is 0 Å². The van der Waals surface area contributed by atoms with E-state index in [9.17, 15) is 0 Å². The van der Waals surface area contributed by atoms with Gasteiger partial charge in [0, 0.05) is 27.5 Å². The number of aromatic nitrogens is 3. The topological polar surface area (TPSA) is 51.8 Å². The van der Waals surface area contributed by atoms with Crippen molar-refractivity contribution >= 4 is 40.4 Å². The quantitative estimate of drug-likeness (QED) is 0.169. The van der Waals surface area contributed by atoms with Gasteiger partial charge in [-0.2, -0.15) is 0 Å². The summed E-state index contributed by atoms with van der Waals surface area (Å²) in [5, 5.41) is 5.03. The number of benzene rings is 7. The molecule has 10 rings (SSSR count). The summed E-state index contributed by atoms with van der Waals surface area (Å²) in [6, 6.07) is 57.6. The number of fused-ring (bicyclic) bond motifs is 6. The predicted molar refractivity (Wildman–Crippen MR) is 216 cm³/mol. The van der Waals surface area contributed by atoms with E-state index in [2.05, 4.69) is 153 Å². The highest BCUT2D eigenvalue weighted by molar-refractivity contribution is 7.04. The van der Waals surface area contributed by atoms with Crippen LogP contribution in [-0.2, 0) is 0 Å². The second kappa shape index (κ2) is 11.8. The van der Waals surface area contributed by atoms with Gasteiger partial charge >= 0.3 is 0 Å². The van der Waals surface area contributed by atoms with Gasteiger partial charge in [0.2, 0.25) is 0 Å². The summed E-state index contributed by atoms with van der Waals surface area (Å²) in [6.07, 6.45) is 0. The van der Waals surface area contributed by atoms with Crippen LogP contribution in [0.4, 0.5) is 0 Å². The first kappa shape index (κ1) is 30.4. The van der Waals surface area contributed by atoms with Gasteiger partial charge in [0.25, 0.3) is 0 Å². The Balaban J connectivity index is 1.16. The zero-order valence-corrected chi connectivity index (χ0v) is 29.8. The van der Waals surface area contributed by atoms with E-state index < -0.39 is 8.07 Å². The van der Waals surface area contributed by atoms with Crippen LogP contribution in [0.2, 0.25) is 13.1 Å². The van der Waals surface area contributed by atoms with Crippen molar-refractivity contribution in [2.45, 2.75) is 13.1 Å². The van der Waals surface area contributed by atoms with Crippen molar-refractivity contribution in [1.82, 2.24) is 15.0 Å². The average Bonchev–Trinajstić information content (AvgIpc) is 3.69. The molecule has 0 radical (unpaired) electrons. The van der Waals surface area contributed by atoms with Gasteiger partial charge in [-0.3, -0.25) is 0 Å². The molecule has 0 saturated heterocycles. The summed E-state index contributed by atoms with van der Waals surface area (Å²) >= 11 is 0.